The van der Waals surface area contributed by atoms with E-state index in [0.29, 0.717) is 5.56 Å². The molecule has 71 heavy (non-hydrogen) atoms. The molecule has 0 radical (unpaired) electrons. The normalized spacial score (nSPS) is 12.5. The van der Waals surface area contributed by atoms with E-state index in [4.69, 9.17) is 0 Å². The molecule has 0 saturated carbocycles. The summed E-state index contributed by atoms with van der Waals surface area (Å²) in [7, 11) is 0. The van der Waals surface area contributed by atoms with Gasteiger partial charge in [0.15, 0.2) is 23.3 Å². The van der Waals surface area contributed by atoms with Gasteiger partial charge in [-0.15, -0.1) is 0 Å². The summed E-state index contributed by atoms with van der Waals surface area (Å²) >= 11 is 0. The molecule has 1 heterocycles. The minimum Gasteiger partial charge on any atom is -0.310 e. The van der Waals surface area contributed by atoms with Gasteiger partial charge in [0, 0.05) is 45.2 Å². The largest absolute Gasteiger partial charge is 0.310 e. The second-order valence-corrected chi connectivity index (χ2v) is 18.0. The number of anilines is 9. The first-order valence-electron chi connectivity index (χ1n) is 23.3. The maximum atomic E-state index is 14.6. The molecular weight excluding hydrogens is 894 g/mol. The van der Waals surface area contributed by atoms with Gasteiger partial charge in [-0.3, -0.25) is 0 Å². The highest BCUT2D eigenvalue weighted by molar-refractivity contribution is 5.91. The van der Waals surface area contributed by atoms with Crippen molar-refractivity contribution in [1.82, 2.24) is 0 Å². The van der Waals surface area contributed by atoms with Crippen LogP contribution in [0.3, 0.4) is 0 Å². The maximum absolute atomic E-state index is 14.6. The zero-order valence-corrected chi connectivity index (χ0v) is 38.7. The van der Waals surface area contributed by atoms with Gasteiger partial charge in [0.1, 0.15) is 0 Å². The highest BCUT2D eigenvalue weighted by atomic mass is 19.2. The zero-order valence-electron chi connectivity index (χ0n) is 38.7. The zero-order chi connectivity index (χ0) is 48.8. The molecule has 346 valence electrons. The highest BCUT2D eigenvalue weighted by Gasteiger charge is 2.38. The maximum Gasteiger partial charge on any atom is 0.200 e. The van der Waals surface area contributed by atoms with Crippen molar-refractivity contribution < 1.29 is 22.0 Å². The molecule has 0 atom stereocenters. The van der Waals surface area contributed by atoms with Gasteiger partial charge in [-0.1, -0.05) is 141 Å². The van der Waals surface area contributed by atoms with Crippen LogP contribution in [0.25, 0.3) is 33.4 Å². The van der Waals surface area contributed by atoms with E-state index in [-0.39, 0.29) is 5.56 Å². The van der Waals surface area contributed by atoms with Crippen molar-refractivity contribution >= 4 is 51.2 Å². The SMILES string of the molecule is CC1(C)c2cc(N(c3ccccc3)c3ccccc3)ccc2N(c2ccccc2)c2ccc(N(c3ccccc3)c3ccc(-c4cccc(-c5ccc(-c6c(F)c(F)c(F)c(F)c6F)cc5)c4)cc3)cc21. The van der Waals surface area contributed by atoms with Gasteiger partial charge >= 0.3 is 0 Å². The number of nitrogens with zero attached hydrogens (tertiary/aromatic N) is 3. The summed E-state index contributed by atoms with van der Waals surface area (Å²) in [6.45, 7) is 4.63. The van der Waals surface area contributed by atoms with E-state index >= 15 is 0 Å². The van der Waals surface area contributed by atoms with Crippen LogP contribution in [0.4, 0.5) is 73.1 Å². The number of benzene rings is 10. The van der Waals surface area contributed by atoms with Crippen LogP contribution in [0, 0.1) is 29.1 Å². The van der Waals surface area contributed by atoms with Gasteiger partial charge in [0.25, 0.3) is 0 Å². The Hall–Kier alpha value is -8.75. The third kappa shape index (κ3) is 8.07. The number of rotatable bonds is 10. The predicted octanol–water partition coefficient (Wildman–Crippen LogP) is 18.4. The fourth-order valence-corrected chi connectivity index (χ4v) is 9.84. The fraction of sp³-hybridized carbons (Fsp3) is 0.0476. The summed E-state index contributed by atoms with van der Waals surface area (Å²) in [5.74, 6) is -9.89. The molecule has 0 aromatic heterocycles. The lowest BCUT2D eigenvalue weighted by Crippen LogP contribution is -2.31. The molecule has 1 aliphatic rings. The van der Waals surface area contributed by atoms with E-state index in [0.717, 1.165) is 67.9 Å². The molecular formula is C63H44F5N3. The topological polar surface area (TPSA) is 9.72 Å². The monoisotopic (exact) mass is 937 g/mol. The fourth-order valence-electron chi connectivity index (χ4n) is 9.84. The van der Waals surface area contributed by atoms with Crippen LogP contribution in [-0.2, 0) is 5.41 Å². The van der Waals surface area contributed by atoms with Crippen molar-refractivity contribution in [3.05, 3.63) is 271 Å². The number of para-hydroxylation sites is 4. The average molecular weight is 938 g/mol. The Labute approximate surface area is 409 Å². The minimum atomic E-state index is -2.19. The van der Waals surface area contributed by atoms with Crippen molar-refractivity contribution in [3.63, 3.8) is 0 Å². The molecule has 0 spiro atoms. The molecule has 0 bridgehead atoms. The Bertz CT molecular complexity index is 3480. The van der Waals surface area contributed by atoms with Crippen LogP contribution in [0.5, 0.6) is 0 Å². The van der Waals surface area contributed by atoms with Crippen LogP contribution < -0.4 is 14.7 Å². The van der Waals surface area contributed by atoms with Crippen LogP contribution >= 0.6 is 0 Å². The Morgan fingerprint density at radius 1 is 0.310 bits per heavy atom. The molecule has 0 fully saturated rings. The lowest BCUT2D eigenvalue weighted by atomic mass is 9.73. The Morgan fingerprint density at radius 2 is 0.662 bits per heavy atom. The number of hydrogen-bond donors (Lipinski definition) is 0. The molecule has 0 unspecified atom stereocenters. The molecule has 8 heteroatoms. The second-order valence-electron chi connectivity index (χ2n) is 18.0. The Kier molecular flexibility index (Phi) is 11.5. The smallest absolute Gasteiger partial charge is 0.200 e. The number of fused-ring (bicyclic) bond motifs is 2. The van der Waals surface area contributed by atoms with E-state index in [1.165, 1.54) is 23.3 Å². The van der Waals surface area contributed by atoms with Crippen LogP contribution in [0.2, 0.25) is 0 Å². The third-order valence-electron chi connectivity index (χ3n) is 13.4. The molecule has 11 rings (SSSR count). The number of hydrogen-bond acceptors (Lipinski definition) is 3. The van der Waals surface area contributed by atoms with E-state index < -0.39 is 40.1 Å². The highest BCUT2D eigenvalue weighted by Crippen LogP contribution is 2.55. The van der Waals surface area contributed by atoms with E-state index in [1.807, 2.05) is 60.7 Å². The molecule has 10 aromatic carbocycles. The summed E-state index contributed by atoms with van der Waals surface area (Å²) in [4.78, 5) is 6.95. The van der Waals surface area contributed by atoms with Crippen molar-refractivity contribution in [2.75, 3.05) is 14.7 Å². The predicted molar refractivity (Wildman–Crippen MR) is 279 cm³/mol. The standard InChI is InChI=1S/C63H44F5N3/c1-63(2)53-39-51(69(46-18-7-3-8-19-46)47-20-9-4-10-21-47)34-36-55(53)71(49-24-13-6-14-25-49)56-37-35-52(40-54(56)63)70(48-22-11-5-12-23-48)50-32-30-42(31-33-50)45-17-15-16-44(38-45)41-26-28-43(29-27-41)57-58(64)60(66)62(68)61(67)59(57)65/h3-40H,1-2H3. The van der Waals surface area contributed by atoms with Crippen molar-refractivity contribution in [3.8, 4) is 33.4 Å². The third-order valence-corrected chi connectivity index (χ3v) is 13.4. The number of halogens is 5. The average Bonchev–Trinajstić information content (AvgIpc) is 3.42. The van der Waals surface area contributed by atoms with Gasteiger partial charge in [-0.2, -0.15) is 0 Å². The van der Waals surface area contributed by atoms with Gasteiger partial charge in [-0.05, 0) is 142 Å². The lowest BCUT2D eigenvalue weighted by Gasteiger charge is -2.43. The summed E-state index contributed by atoms with van der Waals surface area (Å²) in [6, 6.07) is 77.5. The Morgan fingerprint density at radius 3 is 1.10 bits per heavy atom. The summed E-state index contributed by atoms with van der Waals surface area (Å²) in [6.07, 6.45) is 0. The summed E-state index contributed by atoms with van der Waals surface area (Å²) in [5.41, 5.74) is 13.7. The molecule has 1 aliphatic heterocycles. The van der Waals surface area contributed by atoms with Crippen molar-refractivity contribution in [1.29, 1.82) is 0 Å². The van der Waals surface area contributed by atoms with Gasteiger partial charge in [-0.25, -0.2) is 22.0 Å². The molecule has 10 aromatic rings. The molecule has 0 N–H and O–H groups in total. The molecule has 3 nitrogen and oxygen atoms in total. The van der Waals surface area contributed by atoms with E-state index in [9.17, 15) is 22.0 Å². The first-order valence-corrected chi connectivity index (χ1v) is 23.3. The van der Waals surface area contributed by atoms with Gasteiger partial charge < -0.3 is 14.7 Å². The second kappa shape index (κ2) is 18.3. The van der Waals surface area contributed by atoms with Crippen molar-refractivity contribution in [2.45, 2.75) is 19.3 Å². The quantitative estimate of drug-likeness (QED) is 0.0768. The van der Waals surface area contributed by atoms with E-state index in [2.05, 4.69) is 174 Å². The van der Waals surface area contributed by atoms with Crippen molar-refractivity contribution in [2.24, 2.45) is 0 Å². The lowest BCUT2D eigenvalue weighted by molar-refractivity contribution is 0.381. The van der Waals surface area contributed by atoms with Crippen LogP contribution in [0.15, 0.2) is 231 Å². The minimum absolute atomic E-state index is 0.125. The molecule has 0 saturated heterocycles. The van der Waals surface area contributed by atoms with Gasteiger partial charge in [0.05, 0.1) is 16.9 Å². The first-order chi connectivity index (χ1) is 34.6. The summed E-state index contributed by atoms with van der Waals surface area (Å²) in [5, 5.41) is 0. The van der Waals surface area contributed by atoms with Crippen LogP contribution in [-0.4, -0.2) is 0 Å². The molecule has 0 amide bonds. The Balaban J connectivity index is 0.963. The first kappa shape index (κ1) is 44.7. The van der Waals surface area contributed by atoms with E-state index in [1.54, 1.807) is 12.1 Å². The van der Waals surface area contributed by atoms with Gasteiger partial charge in [0.2, 0.25) is 5.82 Å². The van der Waals surface area contributed by atoms with Crippen LogP contribution in [0.1, 0.15) is 25.0 Å². The molecule has 0 aliphatic carbocycles. The summed E-state index contributed by atoms with van der Waals surface area (Å²) < 4.78 is 71.1.